The number of hydrogen-bond donors (Lipinski definition) is 2. The van der Waals surface area contributed by atoms with E-state index in [0.717, 1.165) is 18.9 Å². The average molecular weight is 365 g/mol. The normalized spacial score (nSPS) is 25.4. The van der Waals surface area contributed by atoms with Gasteiger partial charge in [-0.2, -0.15) is 0 Å². The van der Waals surface area contributed by atoms with E-state index in [-0.39, 0.29) is 29.4 Å². The predicted octanol–water partition coefficient (Wildman–Crippen LogP) is 1.61. The lowest BCUT2D eigenvalue weighted by Crippen LogP contribution is -2.63. The van der Waals surface area contributed by atoms with Gasteiger partial charge in [-0.1, -0.05) is 19.8 Å². The Bertz CT molecular complexity index is 323. The molecule has 1 aliphatic carbocycles. The van der Waals surface area contributed by atoms with Crippen LogP contribution in [0.5, 0.6) is 0 Å². The molecule has 104 valence electrons. The van der Waals surface area contributed by atoms with Crippen molar-refractivity contribution < 1.29 is 4.74 Å². The molecule has 1 aliphatic rings. The number of hydrogen-bond acceptors (Lipinski definition) is 2. The van der Waals surface area contributed by atoms with Crippen LogP contribution < -0.4 is 10.6 Å². The third-order valence-electron chi connectivity index (χ3n) is 3.45. The smallest absolute Gasteiger partial charge is 0.192 e. The standard InChI is InChI=1S/C13H23N3O.HI/c1-6-8-15-12(14-7-2)16-10-9-11(17-5)13(10,3)4;/h1,10-11H,7-9H2,2-5H3,(H2,14,15,16);1H. The third kappa shape index (κ3) is 4.02. The van der Waals surface area contributed by atoms with Crippen molar-refractivity contribution in [2.24, 2.45) is 10.4 Å². The highest BCUT2D eigenvalue weighted by Gasteiger charge is 2.48. The molecular formula is C13H24IN3O. The molecule has 1 fully saturated rings. The Balaban J connectivity index is 0.00000289. The molecule has 0 bridgehead atoms. The maximum absolute atomic E-state index is 5.42. The first kappa shape index (κ1) is 17.5. The molecule has 4 nitrogen and oxygen atoms in total. The first-order valence-electron chi connectivity index (χ1n) is 6.07. The topological polar surface area (TPSA) is 45.7 Å². The van der Waals surface area contributed by atoms with Crippen LogP contribution in [0.3, 0.4) is 0 Å². The van der Waals surface area contributed by atoms with Crippen LogP contribution in [0.2, 0.25) is 0 Å². The van der Waals surface area contributed by atoms with Gasteiger partial charge in [-0.05, 0) is 13.3 Å². The number of halogens is 1. The van der Waals surface area contributed by atoms with Gasteiger partial charge in [0.25, 0.3) is 0 Å². The van der Waals surface area contributed by atoms with Gasteiger partial charge in [0.1, 0.15) is 6.54 Å². The molecule has 18 heavy (non-hydrogen) atoms. The molecule has 1 rings (SSSR count). The summed E-state index contributed by atoms with van der Waals surface area (Å²) in [4.78, 5) is 4.29. The molecule has 0 amide bonds. The Morgan fingerprint density at radius 3 is 2.67 bits per heavy atom. The van der Waals surface area contributed by atoms with Crippen LogP contribution in [-0.4, -0.2) is 38.3 Å². The quantitative estimate of drug-likeness (QED) is 0.344. The summed E-state index contributed by atoms with van der Waals surface area (Å²) in [7, 11) is 1.76. The van der Waals surface area contributed by atoms with Crippen LogP contribution in [-0.2, 0) is 4.74 Å². The number of aliphatic imine (C=N–C) groups is 1. The first-order chi connectivity index (χ1) is 8.06. The van der Waals surface area contributed by atoms with E-state index in [9.17, 15) is 0 Å². The molecule has 0 aromatic heterocycles. The van der Waals surface area contributed by atoms with Crippen molar-refractivity contribution in [1.82, 2.24) is 10.6 Å². The van der Waals surface area contributed by atoms with Crippen LogP contribution in [0.4, 0.5) is 0 Å². The van der Waals surface area contributed by atoms with Gasteiger partial charge in [0, 0.05) is 25.1 Å². The Morgan fingerprint density at radius 2 is 2.22 bits per heavy atom. The van der Waals surface area contributed by atoms with E-state index in [1.54, 1.807) is 7.11 Å². The number of rotatable bonds is 4. The molecule has 2 atom stereocenters. The summed E-state index contributed by atoms with van der Waals surface area (Å²) in [5.41, 5.74) is 0.126. The van der Waals surface area contributed by atoms with Crippen molar-refractivity contribution in [3.8, 4) is 12.3 Å². The minimum Gasteiger partial charge on any atom is -0.381 e. The van der Waals surface area contributed by atoms with E-state index in [1.807, 2.05) is 6.92 Å². The molecular weight excluding hydrogens is 341 g/mol. The SMILES string of the molecule is C#CCN=C(NCC)NC1CC(OC)C1(C)C.I. The zero-order valence-electron chi connectivity index (χ0n) is 11.6. The summed E-state index contributed by atoms with van der Waals surface area (Å²) in [6.07, 6.45) is 6.53. The molecule has 0 saturated heterocycles. The van der Waals surface area contributed by atoms with Gasteiger partial charge in [-0.25, -0.2) is 4.99 Å². The average Bonchev–Trinajstić information content (AvgIpc) is 2.30. The Morgan fingerprint density at radius 1 is 1.56 bits per heavy atom. The Labute approximate surface area is 127 Å². The van der Waals surface area contributed by atoms with Gasteiger partial charge < -0.3 is 15.4 Å². The van der Waals surface area contributed by atoms with Crippen LogP contribution >= 0.6 is 24.0 Å². The second-order valence-corrected chi connectivity index (χ2v) is 4.88. The summed E-state index contributed by atoms with van der Waals surface area (Å²) in [5.74, 6) is 3.30. The van der Waals surface area contributed by atoms with E-state index in [1.165, 1.54) is 0 Å². The molecule has 0 heterocycles. The lowest BCUT2D eigenvalue weighted by atomic mass is 9.64. The third-order valence-corrected chi connectivity index (χ3v) is 3.45. The molecule has 2 N–H and O–H groups in total. The van der Waals surface area contributed by atoms with Gasteiger partial charge in [0.05, 0.1) is 6.10 Å². The van der Waals surface area contributed by atoms with Crippen molar-refractivity contribution in [3.05, 3.63) is 0 Å². The predicted molar refractivity (Wildman–Crippen MR) is 86.3 cm³/mol. The molecule has 2 unspecified atom stereocenters. The maximum atomic E-state index is 5.42. The number of ether oxygens (including phenoxy) is 1. The van der Waals surface area contributed by atoms with Gasteiger partial charge in [-0.15, -0.1) is 30.4 Å². The van der Waals surface area contributed by atoms with Crippen molar-refractivity contribution in [2.75, 3.05) is 20.2 Å². The van der Waals surface area contributed by atoms with Crippen LogP contribution in [0.15, 0.2) is 4.99 Å². The van der Waals surface area contributed by atoms with E-state index < -0.39 is 0 Å². The molecule has 0 aromatic carbocycles. The van der Waals surface area contributed by atoms with Gasteiger partial charge in [0.2, 0.25) is 0 Å². The lowest BCUT2D eigenvalue weighted by Gasteiger charge is -2.51. The fraction of sp³-hybridized carbons (Fsp3) is 0.769. The van der Waals surface area contributed by atoms with Crippen molar-refractivity contribution in [2.45, 2.75) is 39.3 Å². The van der Waals surface area contributed by atoms with Crippen LogP contribution in [0.1, 0.15) is 27.2 Å². The molecule has 0 aromatic rings. The number of nitrogens with zero attached hydrogens (tertiary/aromatic N) is 1. The van der Waals surface area contributed by atoms with E-state index in [2.05, 4.69) is 35.4 Å². The summed E-state index contributed by atoms with van der Waals surface area (Å²) in [6.45, 7) is 7.67. The van der Waals surface area contributed by atoms with E-state index in [4.69, 9.17) is 11.2 Å². The molecule has 0 radical (unpaired) electrons. The molecule has 0 spiro atoms. The largest absolute Gasteiger partial charge is 0.381 e. The highest BCUT2D eigenvalue weighted by atomic mass is 127. The summed E-state index contributed by atoms with van der Waals surface area (Å²) >= 11 is 0. The Hall–Kier alpha value is -0.480. The highest BCUT2D eigenvalue weighted by molar-refractivity contribution is 14.0. The minimum atomic E-state index is 0. The summed E-state index contributed by atoms with van der Waals surface area (Å²) in [5, 5.41) is 6.60. The van der Waals surface area contributed by atoms with Gasteiger partial charge in [-0.3, -0.25) is 0 Å². The summed E-state index contributed by atoms with van der Waals surface area (Å²) < 4.78 is 5.42. The monoisotopic (exact) mass is 365 g/mol. The second-order valence-electron chi connectivity index (χ2n) is 4.88. The zero-order chi connectivity index (χ0) is 12.9. The summed E-state index contributed by atoms with van der Waals surface area (Å²) in [6, 6.07) is 0.378. The van der Waals surface area contributed by atoms with Crippen molar-refractivity contribution in [1.29, 1.82) is 0 Å². The van der Waals surface area contributed by atoms with Crippen LogP contribution in [0, 0.1) is 17.8 Å². The number of methoxy groups -OCH3 is 1. The van der Waals surface area contributed by atoms with Gasteiger partial charge >= 0.3 is 0 Å². The zero-order valence-corrected chi connectivity index (χ0v) is 13.9. The minimum absolute atomic E-state index is 0. The first-order valence-corrected chi connectivity index (χ1v) is 6.07. The second kappa shape index (κ2) is 7.85. The van der Waals surface area contributed by atoms with Crippen LogP contribution in [0.25, 0.3) is 0 Å². The molecule has 1 saturated carbocycles. The fourth-order valence-electron chi connectivity index (χ4n) is 2.14. The fourth-order valence-corrected chi connectivity index (χ4v) is 2.14. The number of nitrogens with one attached hydrogen (secondary N) is 2. The molecule has 5 heteroatoms. The van der Waals surface area contributed by atoms with Gasteiger partial charge in [0.15, 0.2) is 5.96 Å². The number of guanidine groups is 1. The van der Waals surface area contributed by atoms with E-state index in [0.29, 0.717) is 18.7 Å². The lowest BCUT2D eigenvalue weighted by molar-refractivity contribution is -0.0922. The molecule has 0 aliphatic heterocycles. The Kier molecular flexibility index (Phi) is 7.64. The van der Waals surface area contributed by atoms with E-state index >= 15 is 0 Å². The van der Waals surface area contributed by atoms with Crippen molar-refractivity contribution in [3.63, 3.8) is 0 Å². The highest BCUT2D eigenvalue weighted by Crippen LogP contribution is 2.42. The maximum Gasteiger partial charge on any atom is 0.192 e. The number of terminal acetylenes is 1. The van der Waals surface area contributed by atoms with Crippen molar-refractivity contribution >= 4 is 29.9 Å².